The van der Waals surface area contributed by atoms with Gasteiger partial charge in [-0.2, -0.15) is 0 Å². The lowest BCUT2D eigenvalue weighted by Crippen LogP contribution is -1.81. The molecular formula is C18H34O. The summed E-state index contributed by atoms with van der Waals surface area (Å²) in [6.45, 7) is 2.60. The lowest BCUT2D eigenvalue weighted by atomic mass is 10.1. The standard InChI is InChI=1S/C18H34O/c1-2-3-4-5-6-7-8-9-10-11-12-13-14-15-16-17-18-19/h9-10,12-13,19H,2-8,11,14-18H2,1H3. The van der Waals surface area contributed by atoms with Crippen LogP contribution in [0, 0.1) is 0 Å². The van der Waals surface area contributed by atoms with Crippen LogP contribution in [0.15, 0.2) is 24.3 Å². The fourth-order valence-electron chi connectivity index (χ4n) is 2.10. The Morgan fingerprint density at radius 1 is 0.632 bits per heavy atom. The van der Waals surface area contributed by atoms with Crippen molar-refractivity contribution in [2.24, 2.45) is 0 Å². The van der Waals surface area contributed by atoms with Gasteiger partial charge < -0.3 is 5.11 Å². The average molecular weight is 266 g/mol. The van der Waals surface area contributed by atoms with E-state index in [1.807, 2.05) is 0 Å². The molecule has 0 aliphatic carbocycles. The second-order valence-corrected chi connectivity index (χ2v) is 5.31. The van der Waals surface area contributed by atoms with Crippen molar-refractivity contribution >= 4 is 0 Å². The van der Waals surface area contributed by atoms with E-state index in [4.69, 9.17) is 5.11 Å². The molecule has 0 saturated heterocycles. The lowest BCUT2D eigenvalue weighted by molar-refractivity contribution is 0.283. The Morgan fingerprint density at radius 3 is 1.74 bits per heavy atom. The van der Waals surface area contributed by atoms with E-state index >= 15 is 0 Å². The van der Waals surface area contributed by atoms with Crippen molar-refractivity contribution in [1.82, 2.24) is 0 Å². The third-order valence-electron chi connectivity index (χ3n) is 3.36. The molecule has 1 N–H and O–H groups in total. The Balaban J connectivity index is 3.14. The summed E-state index contributed by atoms with van der Waals surface area (Å²) < 4.78 is 0. The molecule has 0 radical (unpaired) electrons. The molecule has 0 unspecified atom stereocenters. The molecule has 0 fully saturated rings. The maximum absolute atomic E-state index is 8.64. The van der Waals surface area contributed by atoms with Gasteiger partial charge in [0.1, 0.15) is 0 Å². The molecule has 19 heavy (non-hydrogen) atoms. The van der Waals surface area contributed by atoms with Crippen molar-refractivity contribution in [3.63, 3.8) is 0 Å². The van der Waals surface area contributed by atoms with Crippen molar-refractivity contribution in [2.45, 2.75) is 84.0 Å². The summed E-state index contributed by atoms with van der Waals surface area (Å²) in [6.07, 6.45) is 24.3. The molecule has 112 valence electrons. The first kappa shape index (κ1) is 18.4. The highest BCUT2D eigenvalue weighted by Crippen LogP contribution is 2.07. The van der Waals surface area contributed by atoms with Crippen molar-refractivity contribution < 1.29 is 5.11 Å². The SMILES string of the molecule is CCCCCCCCC=CCC=CCCCCCO. The molecule has 0 heterocycles. The molecular weight excluding hydrogens is 232 g/mol. The van der Waals surface area contributed by atoms with E-state index < -0.39 is 0 Å². The number of hydrogen-bond acceptors (Lipinski definition) is 1. The molecule has 0 bridgehead atoms. The average Bonchev–Trinajstić information content (AvgIpc) is 2.43. The Bertz CT molecular complexity index is 206. The normalized spacial score (nSPS) is 11.9. The molecule has 1 heteroatoms. The fourth-order valence-corrected chi connectivity index (χ4v) is 2.10. The van der Waals surface area contributed by atoms with Crippen molar-refractivity contribution in [1.29, 1.82) is 0 Å². The summed E-state index contributed by atoms with van der Waals surface area (Å²) in [5.41, 5.74) is 0. The van der Waals surface area contributed by atoms with Gasteiger partial charge in [-0.05, 0) is 38.5 Å². The molecule has 0 amide bonds. The van der Waals surface area contributed by atoms with Crippen LogP contribution in [-0.4, -0.2) is 11.7 Å². The second-order valence-electron chi connectivity index (χ2n) is 5.31. The number of aliphatic hydroxyl groups excluding tert-OH is 1. The smallest absolute Gasteiger partial charge is 0.0431 e. The number of hydrogen-bond donors (Lipinski definition) is 1. The van der Waals surface area contributed by atoms with Crippen LogP contribution in [0.2, 0.25) is 0 Å². The molecule has 0 aromatic heterocycles. The van der Waals surface area contributed by atoms with Crippen LogP contribution in [0.3, 0.4) is 0 Å². The highest BCUT2D eigenvalue weighted by Gasteiger charge is 1.87. The van der Waals surface area contributed by atoms with Crippen LogP contribution in [0.4, 0.5) is 0 Å². The zero-order chi connectivity index (χ0) is 14.0. The lowest BCUT2D eigenvalue weighted by Gasteiger charge is -1.97. The number of unbranched alkanes of at least 4 members (excludes halogenated alkanes) is 9. The first-order chi connectivity index (χ1) is 9.41. The van der Waals surface area contributed by atoms with Gasteiger partial charge in [0.05, 0.1) is 0 Å². The van der Waals surface area contributed by atoms with E-state index in [2.05, 4.69) is 31.2 Å². The minimum Gasteiger partial charge on any atom is -0.396 e. The van der Waals surface area contributed by atoms with Gasteiger partial charge in [-0.15, -0.1) is 0 Å². The molecule has 0 aromatic rings. The van der Waals surface area contributed by atoms with Crippen molar-refractivity contribution in [3.8, 4) is 0 Å². The molecule has 0 spiro atoms. The predicted octanol–water partition coefficient (Wildman–Crippen LogP) is 5.79. The van der Waals surface area contributed by atoms with Gasteiger partial charge in [0, 0.05) is 6.61 Å². The number of rotatable bonds is 14. The van der Waals surface area contributed by atoms with Gasteiger partial charge in [0.25, 0.3) is 0 Å². The first-order valence-corrected chi connectivity index (χ1v) is 8.32. The molecule has 0 saturated carbocycles. The molecule has 0 rings (SSSR count). The Kier molecular flexibility index (Phi) is 16.9. The number of aliphatic hydroxyl groups is 1. The van der Waals surface area contributed by atoms with Crippen molar-refractivity contribution in [3.05, 3.63) is 24.3 Å². The maximum atomic E-state index is 8.64. The zero-order valence-electron chi connectivity index (χ0n) is 12.9. The summed E-state index contributed by atoms with van der Waals surface area (Å²) in [7, 11) is 0. The van der Waals surface area contributed by atoms with Crippen LogP contribution in [0.5, 0.6) is 0 Å². The minimum absolute atomic E-state index is 0.338. The van der Waals surface area contributed by atoms with Crippen LogP contribution >= 0.6 is 0 Å². The molecule has 0 atom stereocenters. The molecule has 0 aliphatic heterocycles. The van der Waals surface area contributed by atoms with Crippen LogP contribution < -0.4 is 0 Å². The summed E-state index contributed by atoms with van der Waals surface area (Å²) in [5.74, 6) is 0. The largest absolute Gasteiger partial charge is 0.396 e. The Morgan fingerprint density at radius 2 is 1.16 bits per heavy atom. The topological polar surface area (TPSA) is 20.2 Å². The third-order valence-corrected chi connectivity index (χ3v) is 3.36. The van der Waals surface area contributed by atoms with E-state index in [1.165, 1.54) is 51.4 Å². The van der Waals surface area contributed by atoms with Gasteiger partial charge in [0.15, 0.2) is 0 Å². The second kappa shape index (κ2) is 17.4. The van der Waals surface area contributed by atoms with Crippen molar-refractivity contribution in [2.75, 3.05) is 6.61 Å². The van der Waals surface area contributed by atoms with E-state index in [0.717, 1.165) is 25.7 Å². The van der Waals surface area contributed by atoms with Crippen LogP contribution in [0.25, 0.3) is 0 Å². The highest BCUT2D eigenvalue weighted by atomic mass is 16.2. The predicted molar refractivity (Wildman–Crippen MR) is 86.4 cm³/mol. The Hall–Kier alpha value is -0.560. The number of allylic oxidation sites excluding steroid dienone is 4. The molecule has 0 aromatic carbocycles. The fraction of sp³-hybridized carbons (Fsp3) is 0.778. The first-order valence-electron chi connectivity index (χ1n) is 8.32. The van der Waals surface area contributed by atoms with Gasteiger partial charge in [0.2, 0.25) is 0 Å². The molecule has 1 nitrogen and oxygen atoms in total. The summed E-state index contributed by atoms with van der Waals surface area (Å²) in [5, 5.41) is 8.64. The third kappa shape index (κ3) is 17.4. The van der Waals surface area contributed by atoms with Crippen LogP contribution in [0.1, 0.15) is 84.0 Å². The van der Waals surface area contributed by atoms with Crippen LogP contribution in [-0.2, 0) is 0 Å². The summed E-state index contributed by atoms with van der Waals surface area (Å²) >= 11 is 0. The van der Waals surface area contributed by atoms with Gasteiger partial charge in [-0.25, -0.2) is 0 Å². The zero-order valence-corrected chi connectivity index (χ0v) is 12.9. The van der Waals surface area contributed by atoms with Gasteiger partial charge in [-0.1, -0.05) is 69.8 Å². The van der Waals surface area contributed by atoms with Gasteiger partial charge in [-0.3, -0.25) is 0 Å². The van der Waals surface area contributed by atoms with E-state index in [0.29, 0.717) is 6.61 Å². The quantitative estimate of drug-likeness (QED) is 0.311. The van der Waals surface area contributed by atoms with E-state index in [9.17, 15) is 0 Å². The van der Waals surface area contributed by atoms with Gasteiger partial charge >= 0.3 is 0 Å². The monoisotopic (exact) mass is 266 g/mol. The summed E-state index contributed by atoms with van der Waals surface area (Å²) in [6, 6.07) is 0. The molecule has 0 aliphatic rings. The summed E-state index contributed by atoms with van der Waals surface area (Å²) in [4.78, 5) is 0. The Labute approximate surface area is 120 Å². The van der Waals surface area contributed by atoms with E-state index in [1.54, 1.807) is 0 Å². The van der Waals surface area contributed by atoms with E-state index in [-0.39, 0.29) is 0 Å². The maximum Gasteiger partial charge on any atom is 0.0431 e. The highest BCUT2D eigenvalue weighted by molar-refractivity contribution is 4.92. The minimum atomic E-state index is 0.338.